The number of hydrogen-bond donors (Lipinski definition) is 0. The quantitative estimate of drug-likeness (QED) is 0.565. The number of amides is 1. The van der Waals surface area contributed by atoms with Crippen molar-refractivity contribution in [2.45, 2.75) is 13.8 Å². The number of nitriles is 1. The Morgan fingerprint density at radius 3 is 2.46 bits per heavy atom. The minimum absolute atomic E-state index is 0.126. The molecule has 2 aromatic rings. The van der Waals surface area contributed by atoms with Crippen LogP contribution < -0.4 is 9.64 Å². The van der Waals surface area contributed by atoms with Crippen LogP contribution in [-0.4, -0.2) is 31.6 Å². The monoisotopic (exact) mass is 352 g/mol. The summed E-state index contributed by atoms with van der Waals surface area (Å²) in [5, 5.41) is 8.91. The van der Waals surface area contributed by atoms with E-state index in [1.165, 1.54) is 4.90 Å². The number of benzene rings is 2. The number of esters is 1. The molecule has 0 aliphatic rings. The van der Waals surface area contributed by atoms with Gasteiger partial charge in [0.2, 0.25) is 0 Å². The molecule has 6 heteroatoms. The highest BCUT2D eigenvalue weighted by atomic mass is 16.6. The van der Waals surface area contributed by atoms with Crippen LogP contribution in [0.25, 0.3) is 0 Å². The molecular weight excluding hydrogens is 332 g/mol. The molecule has 0 fully saturated rings. The van der Waals surface area contributed by atoms with Gasteiger partial charge in [-0.3, -0.25) is 9.69 Å². The van der Waals surface area contributed by atoms with Crippen molar-refractivity contribution in [2.24, 2.45) is 0 Å². The standard InChI is InChI=1S/C20H20N2O4/c1-15-8-9-18(16(2)12-15)25-14-20(24)26-13-19(23)22(11-10-21)17-6-4-3-5-7-17/h3-9,12H,11,13-14H2,1-2H3. The van der Waals surface area contributed by atoms with Gasteiger partial charge in [-0.05, 0) is 37.6 Å². The van der Waals surface area contributed by atoms with Crippen LogP contribution in [-0.2, 0) is 14.3 Å². The van der Waals surface area contributed by atoms with Crippen molar-refractivity contribution >= 4 is 17.6 Å². The molecule has 6 nitrogen and oxygen atoms in total. The molecule has 0 radical (unpaired) electrons. The lowest BCUT2D eigenvalue weighted by Gasteiger charge is -2.19. The molecule has 134 valence electrons. The fourth-order valence-electron chi connectivity index (χ4n) is 2.36. The number of aryl methyl sites for hydroxylation is 2. The summed E-state index contributed by atoms with van der Waals surface area (Å²) in [4.78, 5) is 25.4. The molecule has 0 saturated heterocycles. The van der Waals surface area contributed by atoms with Gasteiger partial charge in [-0.2, -0.15) is 5.26 Å². The zero-order valence-corrected chi connectivity index (χ0v) is 14.8. The Hall–Kier alpha value is -3.33. The third kappa shape index (κ3) is 5.35. The van der Waals surface area contributed by atoms with Gasteiger partial charge in [0.15, 0.2) is 13.2 Å². The van der Waals surface area contributed by atoms with Gasteiger partial charge in [-0.25, -0.2) is 4.79 Å². The van der Waals surface area contributed by atoms with E-state index in [2.05, 4.69) is 0 Å². The molecule has 0 heterocycles. The predicted octanol–water partition coefficient (Wildman–Crippen LogP) is 2.78. The van der Waals surface area contributed by atoms with Crippen LogP contribution >= 0.6 is 0 Å². The van der Waals surface area contributed by atoms with Crippen molar-refractivity contribution in [1.29, 1.82) is 5.26 Å². The lowest BCUT2D eigenvalue weighted by molar-refractivity contribution is -0.149. The molecule has 0 spiro atoms. The van der Waals surface area contributed by atoms with Crippen molar-refractivity contribution in [3.63, 3.8) is 0 Å². The maximum absolute atomic E-state index is 12.3. The molecule has 0 unspecified atom stereocenters. The van der Waals surface area contributed by atoms with Gasteiger partial charge in [0, 0.05) is 5.69 Å². The molecule has 1 amide bonds. The van der Waals surface area contributed by atoms with Crippen molar-refractivity contribution in [3.8, 4) is 11.8 Å². The molecular formula is C20H20N2O4. The maximum Gasteiger partial charge on any atom is 0.344 e. The van der Waals surface area contributed by atoms with E-state index < -0.39 is 18.5 Å². The van der Waals surface area contributed by atoms with Gasteiger partial charge in [0.25, 0.3) is 5.91 Å². The number of rotatable bonds is 7. The SMILES string of the molecule is Cc1ccc(OCC(=O)OCC(=O)N(CC#N)c2ccccc2)c(C)c1. The molecule has 26 heavy (non-hydrogen) atoms. The van der Waals surface area contributed by atoms with Crippen LogP contribution in [0.4, 0.5) is 5.69 Å². The number of para-hydroxylation sites is 1. The average Bonchev–Trinajstić information content (AvgIpc) is 2.64. The maximum atomic E-state index is 12.3. The van der Waals surface area contributed by atoms with E-state index in [-0.39, 0.29) is 13.2 Å². The number of nitrogens with zero attached hydrogens (tertiary/aromatic N) is 2. The first-order chi connectivity index (χ1) is 12.5. The smallest absolute Gasteiger partial charge is 0.344 e. The molecule has 0 atom stereocenters. The van der Waals surface area contributed by atoms with Gasteiger partial charge < -0.3 is 9.47 Å². The second-order valence-corrected chi connectivity index (χ2v) is 5.69. The van der Waals surface area contributed by atoms with Crippen LogP contribution in [0.15, 0.2) is 48.5 Å². The van der Waals surface area contributed by atoms with Crippen LogP contribution in [0.3, 0.4) is 0 Å². The molecule has 0 aromatic heterocycles. The molecule has 0 N–H and O–H groups in total. The molecule has 2 rings (SSSR count). The summed E-state index contributed by atoms with van der Waals surface area (Å²) in [6, 6.07) is 16.3. The van der Waals surface area contributed by atoms with E-state index >= 15 is 0 Å². The lowest BCUT2D eigenvalue weighted by atomic mass is 10.1. The number of hydrogen-bond acceptors (Lipinski definition) is 5. The van der Waals surface area contributed by atoms with Gasteiger partial charge >= 0.3 is 5.97 Å². The van der Waals surface area contributed by atoms with Crippen molar-refractivity contribution < 1.29 is 19.1 Å². The van der Waals surface area contributed by atoms with Crippen LogP contribution in [0.5, 0.6) is 5.75 Å². The van der Waals surface area contributed by atoms with E-state index in [4.69, 9.17) is 14.7 Å². The lowest BCUT2D eigenvalue weighted by Crippen LogP contribution is -2.35. The fraction of sp³-hybridized carbons (Fsp3) is 0.250. The van der Waals surface area contributed by atoms with E-state index in [0.717, 1.165) is 11.1 Å². The summed E-state index contributed by atoms with van der Waals surface area (Å²) in [7, 11) is 0. The third-order valence-corrected chi connectivity index (χ3v) is 3.63. The molecule has 0 bridgehead atoms. The second kappa shape index (κ2) is 9.23. The van der Waals surface area contributed by atoms with E-state index in [0.29, 0.717) is 11.4 Å². The number of anilines is 1. The van der Waals surface area contributed by atoms with E-state index in [1.54, 1.807) is 30.3 Å². The van der Waals surface area contributed by atoms with Crippen molar-refractivity contribution in [3.05, 3.63) is 59.7 Å². The van der Waals surface area contributed by atoms with Gasteiger partial charge in [0.1, 0.15) is 12.3 Å². The molecule has 0 saturated carbocycles. The first-order valence-electron chi connectivity index (χ1n) is 8.09. The molecule has 0 aliphatic carbocycles. The average molecular weight is 352 g/mol. The van der Waals surface area contributed by atoms with Gasteiger partial charge in [-0.1, -0.05) is 35.9 Å². The Labute approximate surface area is 152 Å². The minimum atomic E-state index is -0.650. The Morgan fingerprint density at radius 2 is 1.81 bits per heavy atom. The summed E-state index contributed by atoms with van der Waals surface area (Å²) in [6.07, 6.45) is 0. The predicted molar refractivity (Wildman–Crippen MR) is 96.8 cm³/mol. The van der Waals surface area contributed by atoms with Crippen molar-refractivity contribution in [1.82, 2.24) is 0 Å². The van der Waals surface area contributed by atoms with Crippen LogP contribution in [0.2, 0.25) is 0 Å². The topological polar surface area (TPSA) is 79.6 Å². The second-order valence-electron chi connectivity index (χ2n) is 5.69. The molecule has 0 aliphatic heterocycles. The van der Waals surface area contributed by atoms with Crippen LogP contribution in [0, 0.1) is 25.2 Å². The summed E-state index contributed by atoms with van der Waals surface area (Å²) in [5.74, 6) is -0.532. The minimum Gasteiger partial charge on any atom is -0.482 e. The number of ether oxygens (including phenoxy) is 2. The summed E-state index contributed by atoms with van der Waals surface area (Å²) in [6.45, 7) is 2.99. The highest BCUT2D eigenvalue weighted by molar-refractivity contribution is 5.95. The largest absolute Gasteiger partial charge is 0.482 e. The highest BCUT2D eigenvalue weighted by Crippen LogP contribution is 2.18. The summed E-state index contributed by atoms with van der Waals surface area (Å²) >= 11 is 0. The van der Waals surface area contributed by atoms with E-state index in [9.17, 15) is 9.59 Å². The third-order valence-electron chi connectivity index (χ3n) is 3.63. The zero-order chi connectivity index (χ0) is 18.9. The van der Waals surface area contributed by atoms with Gasteiger partial charge in [-0.15, -0.1) is 0 Å². The summed E-state index contributed by atoms with van der Waals surface area (Å²) in [5.41, 5.74) is 2.58. The van der Waals surface area contributed by atoms with Gasteiger partial charge in [0.05, 0.1) is 6.07 Å². The fourth-order valence-corrected chi connectivity index (χ4v) is 2.36. The normalized spacial score (nSPS) is 9.88. The van der Waals surface area contributed by atoms with Crippen LogP contribution in [0.1, 0.15) is 11.1 Å². The number of carbonyl (C=O) groups excluding carboxylic acids is 2. The number of carbonyl (C=O) groups is 2. The first kappa shape index (κ1) is 19.0. The highest BCUT2D eigenvalue weighted by Gasteiger charge is 2.17. The Balaban J connectivity index is 1.87. The Morgan fingerprint density at radius 1 is 1.08 bits per heavy atom. The van der Waals surface area contributed by atoms with Crippen molar-refractivity contribution in [2.75, 3.05) is 24.7 Å². The zero-order valence-electron chi connectivity index (χ0n) is 14.8. The Kier molecular flexibility index (Phi) is 6.75. The molecule has 2 aromatic carbocycles. The summed E-state index contributed by atoms with van der Waals surface area (Å²) < 4.78 is 10.4. The Bertz CT molecular complexity index is 812. The van der Waals surface area contributed by atoms with E-state index in [1.807, 2.05) is 38.1 Å². The first-order valence-corrected chi connectivity index (χ1v) is 8.09.